The molecule has 0 unspecified atom stereocenters. The number of hydrogen-bond donors (Lipinski definition) is 2. The highest BCUT2D eigenvalue weighted by Gasteiger charge is 2.01. The van der Waals surface area contributed by atoms with Crippen molar-refractivity contribution < 1.29 is 9.15 Å². The summed E-state index contributed by atoms with van der Waals surface area (Å²) in [5.41, 5.74) is 1.20. The molecule has 0 spiro atoms. The van der Waals surface area contributed by atoms with Crippen LogP contribution in [0, 0.1) is 0 Å². The van der Waals surface area contributed by atoms with E-state index in [1.165, 1.54) is 5.56 Å². The molecule has 0 amide bonds. The molecule has 3 aromatic rings. The number of nitrogens with zero attached hydrogens (tertiary/aromatic N) is 2. The van der Waals surface area contributed by atoms with E-state index >= 15 is 0 Å². The largest absolute Gasteiger partial charge is 0.497 e. The number of methoxy groups -OCH3 is 1. The van der Waals surface area contributed by atoms with Crippen LogP contribution >= 0.6 is 0 Å². The molecule has 0 saturated heterocycles. The molecule has 2 aromatic heterocycles. The Balaban J connectivity index is 1.50. The van der Waals surface area contributed by atoms with Gasteiger partial charge in [-0.15, -0.1) is 0 Å². The van der Waals surface area contributed by atoms with E-state index in [9.17, 15) is 0 Å². The van der Waals surface area contributed by atoms with Crippen molar-refractivity contribution in [3.63, 3.8) is 0 Å². The molecule has 124 valence electrons. The second-order valence-electron chi connectivity index (χ2n) is 5.23. The second-order valence-corrected chi connectivity index (χ2v) is 5.23. The summed E-state index contributed by atoms with van der Waals surface area (Å²) < 4.78 is 10.5. The number of rotatable bonds is 8. The van der Waals surface area contributed by atoms with E-state index < -0.39 is 0 Å². The van der Waals surface area contributed by atoms with Crippen LogP contribution in [0.2, 0.25) is 0 Å². The number of benzene rings is 1. The first-order valence-electron chi connectivity index (χ1n) is 7.79. The Morgan fingerprint density at radius 1 is 1.12 bits per heavy atom. The monoisotopic (exact) mass is 324 g/mol. The SMILES string of the molecule is COc1cccc(CCNc2nccc(NCc3ccco3)n2)c1. The normalized spacial score (nSPS) is 10.4. The van der Waals surface area contributed by atoms with Gasteiger partial charge >= 0.3 is 0 Å². The zero-order chi connectivity index (χ0) is 16.6. The lowest BCUT2D eigenvalue weighted by molar-refractivity contribution is 0.414. The molecule has 24 heavy (non-hydrogen) atoms. The molecule has 6 heteroatoms. The molecule has 0 aliphatic carbocycles. The van der Waals surface area contributed by atoms with Crippen molar-refractivity contribution in [1.29, 1.82) is 0 Å². The van der Waals surface area contributed by atoms with Crippen molar-refractivity contribution in [2.45, 2.75) is 13.0 Å². The molecule has 6 nitrogen and oxygen atoms in total. The van der Waals surface area contributed by atoms with Gasteiger partial charge in [-0.05, 0) is 42.3 Å². The van der Waals surface area contributed by atoms with Gasteiger partial charge in [0.2, 0.25) is 5.95 Å². The van der Waals surface area contributed by atoms with Crippen molar-refractivity contribution in [2.75, 3.05) is 24.3 Å². The second kappa shape index (κ2) is 8.01. The molecule has 0 bridgehead atoms. The Hall–Kier alpha value is -3.02. The van der Waals surface area contributed by atoms with Gasteiger partial charge in [0.25, 0.3) is 0 Å². The van der Waals surface area contributed by atoms with Crippen LogP contribution < -0.4 is 15.4 Å². The van der Waals surface area contributed by atoms with Gasteiger partial charge in [-0.25, -0.2) is 4.98 Å². The van der Waals surface area contributed by atoms with Gasteiger partial charge in [0.1, 0.15) is 17.3 Å². The molecule has 0 atom stereocenters. The van der Waals surface area contributed by atoms with E-state index in [0.717, 1.165) is 30.3 Å². The summed E-state index contributed by atoms with van der Waals surface area (Å²) in [6.07, 6.45) is 4.25. The van der Waals surface area contributed by atoms with Gasteiger partial charge in [0.15, 0.2) is 0 Å². The first kappa shape index (κ1) is 15.9. The summed E-state index contributed by atoms with van der Waals surface area (Å²) in [4.78, 5) is 8.68. The lowest BCUT2D eigenvalue weighted by atomic mass is 10.1. The third-order valence-corrected chi connectivity index (χ3v) is 3.51. The van der Waals surface area contributed by atoms with Gasteiger partial charge in [0, 0.05) is 12.7 Å². The van der Waals surface area contributed by atoms with Crippen LogP contribution in [0.3, 0.4) is 0 Å². The highest BCUT2D eigenvalue weighted by atomic mass is 16.5. The van der Waals surface area contributed by atoms with Gasteiger partial charge in [-0.2, -0.15) is 4.98 Å². The van der Waals surface area contributed by atoms with Crippen LogP contribution in [0.15, 0.2) is 59.3 Å². The highest BCUT2D eigenvalue weighted by Crippen LogP contribution is 2.13. The van der Waals surface area contributed by atoms with E-state index in [1.807, 2.05) is 36.4 Å². The van der Waals surface area contributed by atoms with Gasteiger partial charge in [-0.1, -0.05) is 12.1 Å². The fourth-order valence-corrected chi connectivity index (χ4v) is 2.28. The maximum atomic E-state index is 5.29. The minimum atomic E-state index is 0.591. The van der Waals surface area contributed by atoms with E-state index in [0.29, 0.717) is 12.5 Å². The Morgan fingerprint density at radius 3 is 2.92 bits per heavy atom. The molecule has 0 fully saturated rings. The Bertz CT molecular complexity index is 759. The van der Waals surface area contributed by atoms with E-state index in [1.54, 1.807) is 19.6 Å². The predicted octanol–water partition coefficient (Wildman–Crippen LogP) is 3.34. The Labute approximate surface area is 140 Å². The quantitative estimate of drug-likeness (QED) is 0.662. The maximum Gasteiger partial charge on any atom is 0.224 e. The molecular formula is C18H20N4O2. The summed E-state index contributed by atoms with van der Waals surface area (Å²) in [5.74, 6) is 3.08. The molecule has 1 aromatic carbocycles. The lowest BCUT2D eigenvalue weighted by Crippen LogP contribution is -2.09. The number of nitrogens with one attached hydrogen (secondary N) is 2. The van der Waals surface area contributed by atoms with Gasteiger partial charge in [0.05, 0.1) is 19.9 Å². The fourth-order valence-electron chi connectivity index (χ4n) is 2.28. The Kier molecular flexibility index (Phi) is 5.29. The third-order valence-electron chi connectivity index (χ3n) is 3.51. The van der Waals surface area contributed by atoms with Crippen LogP contribution in [0.1, 0.15) is 11.3 Å². The average Bonchev–Trinajstić information content (AvgIpc) is 3.14. The summed E-state index contributed by atoms with van der Waals surface area (Å²) in [6.45, 7) is 1.34. The van der Waals surface area contributed by atoms with Crippen LogP contribution in [0.4, 0.5) is 11.8 Å². The maximum absolute atomic E-state index is 5.29. The molecule has 2 heterocycles. The number of ether oxygens (including phenoxy) is 1. The number of aromatic nitrogens is 2. The van der Waals surface area contributed by atoms with Crippen molar-refractivity contribution >= 4 is 11.8 Å². The highest BCUT2D eigenvalue weighted by molar-refractivity contribution is 5.40. The van der Waals surface area contributed by atoms with Crippen molar-refractivity contribution in [2.24, 2.45) is 0 Å². The van der Waals surface area contributed by atoms with Crippen molar-refractivity contribution in [1.82, 2.24) is 9.97 Å². The summed E-state index contributed by atoms with van der Waals surface area (Å²) in [5, 5.41) is 6.45. The number of furan rings is 1. The van der Waals surface area contributed by atoms with E-state index in [-0.39, 0.29) is 0 Å². The minimum absolute atomic E-state index is 0.591. The predicted molar refractivity (Wildman–Crippen MR) is 93.3 cm³/mol. The van der Waals surface area contributed by atoms with Crippen LogP contribution in [0.25, 0.3) is 0 Å². The first-order valence-corrected chi connectivity index (χ1v) is 7.79. The number of anilines is 2. The van der Waals surface area contributed by atoms with Gasteiger partial charge < -0.3 is 19.8 Å². The number of hydrogen-bond acceptors (Lipinski definition) is 6. The molecule has 2 N–H and O–H groups in total. The first-order chi connectivity index (χ1) is 11.8. The standard InChI is InChI=1S/C18H20N4O2/c1-23-15-5-2-4-14(12-15)7-9-19-18-20-10-8-17(22-18)21-13-16-6-3-11-24-16/h2-6,8,10-12H,7,9,13H2,1H3,(H2,19,20,21,22). The molecule has 0 saturated carbocycles. The zero-order valence-electron chi connectivity index (χ0n) is 13.5. The van der Waals surface area contributed by atoms with E-state index in [4.69, 9.17) is 9.15 Å². The summed E-state index contributed by atoms with van der Waals surface area (Å²) in [7, 11) is 1.67. The fraction of sp³-hybridized carbons (Fsp3) is 0.222. The molecule has 0 radical (unpaired) electrons. The lowest BCUT2D eigenvalue weighted by Gasteiger charge is -2.08. The van der Waals surface area contributed by atoms with Crippen LogP contribution in [0.5, 0.6) is 5.75 Å². The molecule has 0 aliphatic heterocycles. The average molecular weight is 324 g/mol. The summed E-state index contributed by atoms with van der Waals surface area (Å²) >= 11 is 0. The third kappa shape index (κ3) is 4.49. The molecule has 3 rings (SSSR count). The van der Waals surface area contributed by atoms with E-state index in [2.05, 4.69) is 26.7 Å². The van der Waals surface area contributed by atoms with Gasteiger partial charge in [-0.3, -0.25) is 0 Å². The van der Waals surface area contributed by atoms with Crippen molar-refractivity contribution in [3.8, 4) is 5.75 Å². The van der Waals surface area contributed by atoms with Crippen LogP contribution in [-0.2, 0) is 13.0 Å². The van der Waals surface area contributed by atoms with Crippen LogP contribution in [-0.4, -0.2) is 23.6 Å². The van der Waals surface area contributed by atoms with Crippen molar-refractivity contribution in [3.05, 3.63) is 66.2 Å². The minimum Gasteiger partial charge on any atom is -0.497 e. The summed E-state index contributed by atoms with van der Waals surface area (Å²) in [6, 6.07) is 13.6. The molecular weight excluding hydrogens is 304 g/mol. The smallest absolute Gasteiger partial charge is 0.224 e. The molecule has 0 aliphatic rings. The zero-order valence-corrected chi connectivity index (χ0v) is 13.5. The Morgan fingerprint density at radius 2 is 2.08 bits per heavy atom. The topological polar surface area (TPSA) is 72.2 Å².